The fourth-order valence-electron chi connectivity index (χ4n) is 3.10. The van der Waals surface area contributed by atoms with Gasteiger partial charge in [0.2, 0.25) is 0 Å². The fourth-order valence-corrected chi connectivity index (χ4v) is 3.71. The smallest absolute Gasteiger partial charge is 0.145 e. The Morgan fingerprint density at radius 2 is 2.18 bits per heavy atom. The van der Waals surface area contributed by atoms with Gasteiger partial charge in [-0.15, -0.1) is 11.3 Å². The molecule has 0 radical (unpaired) electrons. The predicted octanol–water partition coefficient (Wildman–Crippen LogP) is 3.86. The molecule has 2 rings (SSSR count). The van der Waals surface area contributed by atoms with Gasteiger partial charge in [-0.25, -0.2) is 4.98 Å². The second kappa shape index (κ2) is 5.30. The van der Waals surface area contributed by atoms with E-state index in [-0.39, 0.29) is 5.41 Å². The topological polar surface area (TPSA) is 30.0 Å². The second-order valence-corrected chi connectivity index (χ2v) is 6.59. The third kappa shape index (κ3) is 2.95. The lowest BCUT2D eigenvalue weighted by Crippen LogP contribution is -2.31. The standard InChI is InChI=1S/C14H21NOS/c1-11(2)10-14(5-3-4-6-14)12(16)9-13-15-7-8-17-13/h7-8,11H,3-6,9-10H2,1-2H3. The van der Waals surface area contributed by atoms with Crippen molar-refractivity contribution < 1.29 is 4.79 Å². The highest BCUT2D eigenvalue weighted by atomic mass is 32.1. The maximum Gasteiger partial charge on any atom is 0.145 e. The minimum Gasteiger partial charge on any atom is -0.299 e. The molecule has 0 N–H and O–H groups in total. The van der Waals surface area contributed by atoms with Crippen molar-refractivity contribution in [2.24, 2.45) is 11.3 Å². The van der Waals surface area contributed by atoms with Gasteiger partial charge in [0.1, 0.15) is 5.78 Å². The van der Waals surface area contributed by atoms with E-state index in [0.29, 0.717) is 18.1 Å². The van der Waals surface area contributed by atoms with Gasteiger partial charge in [0.15, 0.2) is 0 Å². The second-order valence-electron chi connectivity index (χ2n) is 5.61. The van der Waals surface area contributed by atoms with Gasteiger partial charge in [-0.2, -0.15) is 0 Å². The summed E-state index contributed by atoms with van der Waals surface area (Å²) in [4.78, 5) is 16.8. The summed E-state index contributed by atoms with van der Waals surface area (Å²) in [5.74, 6) is 1.03. The first-order valence-corrected chi connectivity index (χ1v) is 7.42. The van der Waals surface area contributed by atoms with Crippen molar-refractivity contribution in [3.63, 3.8) is 0 Å². The van der Waals surface area contributed by atoms with Gasteiger partial charge in [-0.1, -0.05) is 26.7 Å². The molecule has 17 heavy (non-hydrogen) atoms. The Bertz CT molecular complexity index is 364. The van der Waals surface area contributed by atoms with Crippen LogP contribution in [0.2, 0.25) is 0 Å². The molecule has 1 aliphatic carbocycles. The molecule has 1 aliphatic rings. The first-order chi connectivity index (χ1) is 8.12. The van der Waals surface area contributed by atoms with Crippen LogP contribution < -0.4 is 0 Å². The van der Waals surface area contributed by atoms with E-state index in [0.717, 1.165) is 24.3 Å². The van der Waals surface area contributed by atoms with Crippen molar-refractivity contribution in [2.75, 3.05) is 0 Å². The Morgan fingerprint density at radius 1 is 1.47 bits per heavy atom. The Hall–Kier alpha value is -0.700. The molecule has 94 valence electrons. The summed E-state index contributed by atoms with van der Waals surface area (Å²) >= 11 is 1.60. The van der Waals surface area contributed by atoms with Gasteiger partial charge in [0.05, 0.1) is 11.4 Å². The molecule has 1 heterocycles. The molecule has 1 saturated carbocycles. The highest BCUT2D eigenvalue weighted by Gasteiger charge is 2.40. The van der Waals surface area contributed by atoms with E-state index in [4.69, 9.17) is 0 Å². The number of aromatic nitrogens is 1. The van der Waals surface area contributed by atoms with Gasteiger partial charge in [0.25, 0.3) is 0 Å². The molecule has 1 aromatic rings. The third-order valence-corrected chi connectivity index (χ3v) is 4.53. The maximum atomic E-state index is 12.5. The zero-order valence-electron chi connectivity index (χ0n) is 10.7. The summed E-state index contributed by atoms with van der Waals surface area (Å²) in [6.45, 7) is 4.44. The number of carbonyl (C=O) groups is 1. The number of carbonyl (C=O) groups excluding carboxylic acids is 1. The number of hydrogen-bond donors (Lipinski definition) is 0. The average Bonchev–Trinajstić information content (AvgIpc) is 2.88. The van der Waals surface area contributed by atoms with Gasteiger partial charge in [0, 0.05) is 17.0 Å². The normalized spacial score (nSPS) is 18.8. The number of Topliss-reactive ketones (excluding diaryl/α,β-unsaturated/α-hetero) is 1. The number of thiazole rings is 1. The zero-order chi connectivity index (χ0) is 12.3. The van der Waals surface area contributed by atoms with Crippen LogP contribution in [0.3, 0.4) is 0 Å². The highest BCUT2D eigenvalue weighted by Crippen LogP contribution is 2.44. The van der Waals surface area contributed by atoms with Crippen LogP contribution in [-0.2, 0) is 11.2 Å². The number of hydrogen-bond acceptors (Lipinski definition) is 3. The molecule has 0 bridgehead atoms. The average molecular weight is 251 g/mol. The molecule has 0 aliphatic heterocycles. The van der Waals surface area contributed by atoms with E-state index < -0.39 is 0 Å². The van der Waals surface area contributed by atoms with Crippen molar-refractivity contribution in [1.29, 1.82) is 0 Å². The number of ketones is 1. The van der Waals surface area contributed by atoms with Crippen LogP contribution in [0.1, 0.15) is 51.0 Å². The Morgan fingerprint density at radius 3 is 2.71 bits per heavy atom. The van der Waals surface area contributed by atoms with Crippen molar-refractivity contribution in [3.05, 3.63) is 16.6 Å². The minimum absolute atomic E-state index is 0.0279. The maximum absolute atomic E-state index is 12.5. The molecular weight excluding hydrogens is 230 g/mol. The van der Waals surface area contributed by atoms with E-state index in [2.05, 4.69) is 18.8 Å². The number of nitrogens with zero attached hydrogens (tertiary/aromatic N) is 1. The first-order valence-electron chi connectivity index (χ1n) is 6.54. The molecule has 1 aromatic heterocycles. The molecular formula is C14H21NOS. The van der Waals surface area contributed by atoms with Crippen LogP contribution in [0, 0.1) is 11.3 Å². The lowest BCUT2D eigenvalue weighted by Gasteiger charge is -2.29. The largest absolute Gasteiger partial charge is 0.299 e. The lowest BCUT2D eigenvalue weighted by atomic mass is 9.74. The first kappa shape index (κ1) is 12.7. The third-order valence-electron chi connectivity index (χ3n) is 3.75. The van der Waals surface area contributed by atoms with Crippen molar-refractivity contribution in [1.82, 2.24) is 4.98 Å². The summed E-state index contributed by atoms with van der Waals surface area (Å²) in [6.07, 6.45) is 8.01. The molecule has 0 aromatic carbocycles. The minimum atomic E-state index is -0.0279. The molecule has 0 saturated heterocycles. The lowest BCUT2D eigenvalue weighted by molar-refractivity contribution is -0.128. The van der Waals surface area contributed by atoms with Gasteiger partial charge in [-0.05, 0) is 25.2 Å². The predicted molar refractivity (Wildman–Crippen MR) is 71.2 cm³/mol. The summed E-state index contributed by atoms with van der Waals surface area (Å²) in [6, 6.07) is 0. The van der Waals surface area contributed by atoms with Crippen LogP contribution in [0.5, 0.6) is 0 Å². The highest BCUT2D eigenvalue weighted by molar-refractivity contribution is 7.09. The van der Waals surface area contributed by atoms with Crippen LogP contribution in [-0.4, -0.2) is 10.8 Å². The molecule has 1 fully saturated rings. The van der Waals surface area contributed by atoms with Crippen LogP contribution in [0.25, 0.3) is 0 Å². The van der Waals surface area contributed by atoms with E-state index in [1.165, 1.54) is 12.8 Å². The van der Waals surface area contributed by atoms with E-state index in [1.54, 1.807) is 17.5 Å². The van der Waals surface area contributed by atoms with E-state index >= 15 is 0 Å². The molecule has 2 nitrogen and oxygen atoms in total. The van der Waals surface area contributed by atoms with Crippen molar-refractivity contribution >= 4 is 17.1 Å². The summed E-state index contributed by atoms with van der Waals surface area (Å²) in [5, 5.41) is 2.93. The Kier molecular flexibility index (Phi) is 3.97. The molecule has 0 atom stereocenters. The van der Waals surface area contributed by atoms with Gasteiger partial charge < -0.3 is 0 Å². The summed E-state index contributed by atoms with van der Waals surface area (Å²) in [7, 11) is 0. The zero-order valence-corrected chi connectivity index (χ0v) is 11.6. The number of rotatable bonds is 5. The molecule has 0 spiro atoms. The van der Waals surface area contributed by atoms with Crippen molar-refractivity contribution in [2.45, 2.75) is 52.4 Å². The fraction of sp³-hybridized carbons (Fsp3) is 0.714. The Balaban J connectivity index is 2.08. The molecule has 3 heteroatoms. The monoisotopic (exact) mass is 251 g/mol. The van der Waals surface area contributed by atoms with Gasteiger partial charge in [-0.3, -0.25) is 4.79 Å². The van der Waals surface area contributed by atoms with Gasteiger partial charge >= 0.3 is 0 Å². The summed E-state index contributed by atoms with van der Waals surface area (Å²) < 4.78 is 0. The quantitative estimate of drug-likeness (QED) is 0.795. The van der Waals surface area contributed by atoms with Crippen LogP contribution in [0.15, 0.2) is 11.6 Å². The molecule has 0 amide bonds. The van der Waals surface area contributed by atoms with Crippen LogP contribution in [0.4, 0.5) is 0 Å². The van der Waals surface area contributed by atoms with Crippen molar-refractivity contribution in [3.8, 4) is 0 Å². The summed E-state index contributed by atoms with van der Waals surface area (Å²) in [5.41, 5.74) is -0.0279. The van der Waals surface area contributed by atoms with Crippen LogP contribution >= 0.6 is 11.3 Å². The Labute approximate surface area is 107 Å². The SMILES string of the molecule is CC(C)CC1(C(=O)Cc2nccs2)CCCC1. The molecule has 0 unspecified atom stereocenters. The van der Waals surface area contributed by atoms with E-state index in [9.17, 15) is 4.79 Å². The van der Waals surface area contributed by atoms with E-state index in [1.807, 2.05) is 5.38 Å².